The zero-order valence-electron chi connectivity index (χ0n) is 18.6. The van der Waals surface area contributed by atoms with E-state index in [1.54, 1.807) is 20.1 Å². The van der Waals surface area contributed by atoms with E-state index < -0.39 is 6.10 Å². The van der Waals surface area contributed by atoms with Crippen LogP contribution in [0.4, 0.5) is 5.69 Å². The molecule has 3 nitrogen and oxygen atoms in total. The number of hydrogen-bond donors (Lipinski definition) is 1. The molecule has 1 aromatic rings. The van der Waals surface area contributed by atoms with E-state index in [2.05, 4.69) is 33.4 Å². The largest absolute Gasteiger partial charge is 0.495 e. The maximum Gasteiger partial charge on any atom is 0.139 e. The van der Waals surface area contributed by atoms with Gasteiger partial charge in [0.25, 0.3) is 0 Å². The first-order valence-corrected chi connectivity index (χ1v) is 10.2. The predicted octanol–water partition coefficient (Wildman–Crippen LogP) is 6.45. The van der Waals surface area contributed by atoms with Crippen molar-refractivity contribution in [2.45, 2.75) is 53.1 Å². The van der Waals surface area contributed by atoms with Crippen molar-refractivity contribution >= 4 is 17.3 Å². The molecule has 2 atom stereocenters. The molecule has 0 spiro atoms. The first-order valence-electron chi connectivity index (χ1n) is 9.82. The van der Waals surface area contributed by atoms with E-state index in [-0.39, 0.29) is 0 Å². The average molecular weight is 408 g/mol. The summed E-state index contributed by atoms with van der Waals surface area (Å²) in [5.41, 5.74) is 3.28. The summed E-state index contributed by atoms with van der Waals surface area (Å²) in [4.78, 5) is 1.97. The van der Waals surface area contributed by atoms with Gasteiger partial charge in [0.05, 0.1) is 18.9 Å². The first kappa shape index (κ1) is 26.3. The fourth-order valence-electron chi connectivity index (χ4n) is 2.43. The van der Waals surface area contributed by atoms with Crippen LogP contribution in [0.3, 0.4) is 0 Å². The van der Waals surface area contributed by atoms with E-state index in [0.717, 1.165) is 30.0 Å². The van der Waals surface area contributed by atoms with E-state index in [0.29, 0.717) is 10.8 Å². The Morgan fingerprint density at radius 1 is 1.32 bits per heavy atom. The van der Waals surface area contributed by atoms with Crippen LogP contribution in [0.25, 0.3) is 0 Å². The molecule has 0 saturated carbocycles. The maximum absolute atomic E-state index is 9.20. The number of methoxy groups -OCH3 is 1. The topological polar surface area (TPSA) is 32.7 Å². The van der Waals surface area contributed by atoms with Crippen molar-refractivity contribution in [2.75, 3.05) is 26.1 Å². The van der Waals surface area contributed by atoms with Crippen LogP contribution in [-0.2, 0) is 6.42 Å². The Kier molecular flexibility index (Phi) is 13.4. The van der Waals surface area contributed by atoms with Crippen LogP contribution in [0, 0.1) is 5.92 Å². The monoisotopic (exact) mass is 407 g/mol. The third-order valence-corrected chi connectivity index (χ3v) is 4.68. The minimum Gasteiger partial charge on any atom is -0.495 e. The molecular weight excluding hydrogens is 370 g/mol. The highest BCUT2D eigenvalue weighted by Crippen LogP contribution is 2.35. The second-order valence-electron chi connectivity index (χ2n) is 7.38. The van der Waals surface area contributed by atoms with E-state index in [1.165, 1.54) is 12.0 Å². The summed E-state index contributed by atoms with van der Waals surface area (Å²) in [6.07, 6.45) is 10.4. The summed E-state index contributed by atoms with van der Waals surface area (Å²) in [5, 5.41) is 9.83. The van der Waals surface area contributed by atoms with Gasteiger partial charge in [-0.2, -0.15) is 0 Å². The molecule has 0 bridgehead atoms. The van der Waals surface area contributed by atoms with Crippen LogP contribution in [0.2, 0.25) is 5.02 Å². The smallest absolute Gasteiger partial charge is 0.139 e. The molecule has 28 heavy (non-hydrogen) atoms. The van der Waals surface area contributed by atoms with Crippen molar-refractivity contribution in [3.63, 3.8) is 0 Å². The van der Waals surface area contributed by atoms with Crippen LogP contribution in [0.5, 0.6) is 5.75 Å². The number of anilines is 1. The van der Waals surface area contributed by atoms with E-state index in [1.807, 2.05) is 43.3 Å². The number of aliphatic hydroxyl groups excluding tert-OH is 1. The predicted molar refractivity (Wildman–Crippen MR) is 125 cm³/mol. The quantitative estimate of drug-likeness (QED) is 0.377. The molecule has 1 aromatic carbocycles. The minimum atomic E-state index is -0.426. The normalized spacial score (nSPS) is 13.5. The van der Waals surface area contributed by atoms with Gasteiger partial charge >= 0.3 is 0 Å². The summed E-state index contributed by atoms with van der Waals surface area (Å²) in [5.74, 6) is 1.52. The Morgan fingerprint density at radius 2 is 1.96 bits per heavy atom. The molecule has 0 aromatic heterocycles. The molecule has 2 unspecified atom stereocenters. The van der Waals surface area contributed by atoms with Crippen LogP contribution in [0.15, 0.2) is 48.6 Å². The third-order valence-electron chi connectivity index (χ3n) is 4.30. The van der Waals surface area contributed by atoms with Gasteiger partial charge < -0.3 is 14.7 Å². The number of aliphatic hydroxyl groups is 1. The Hall–Kier alpha value is -1.71. The SMILES string of the molecule is C=CCC(C)CC.COc1cc(C/C(C)=C/C=C/C(C)O)cc(N(C)C)c1Cl. The molecule has 4 heteroatoms. The highest BCUT2D eigenvalue weighted by atomic mass is 35.5. The van der Waals surface area contributed by atoms with Crippen molar-refractivity contribution in [1.29, 1.82) is 0 Å². The lowest BCUT2D eigenvalue weighted by molar-refractivity contribution is 0.244. The van der Waals surface area contributed by atoms with Gasteiger partial charge in [-0.05, 0) is 50.3 Å². The van der Waals surface area contributed by atoms with Crippen molar-refractivity contribution in [3.05, 3.63) is 59.2 Å². The Labute approximate surface area is 177 Å². The molecule has 1 rings (SSSR count). The fraction of sp³-hybridized carbons (Fsp3) is 0.500. The van der Waals surface area contributed by atoms with Crippen molar-refractivity contribution in [3.8, 4) is 5.75 Å². The van der Waals surface area contributed by atoms with Gasteiger partial charge in [0.2, 0.25) is 0 Å². The van der Waals surface area contributed by atoms with Gasteiger partial charge in [0.15, 0.2) is 0 Å². The number of halogens is 1. The van der Waals surface area contributed by atoms with Crippen LogP contribution >= 0.6 is 11.6 Å². The Bertz CT molecular complexity index is 648. The summed E-state index contributed by atoms with van der Waals surface area (Å²) >= 11 is 6.31. The molecular formula is C24H38ClNO2. The number of rotatable bonds is 9. The third kappa shape index (κ3) is 10.6. The van der Waals surface area contributed by atoms with Crippen LogP contribution in [0.1, 0.15) is 46.1 Å². The van der Waals surface area contributed by atoms with Gasteiger partial charge in [-0.25, -0.2) is 0 Å². The molecule has 0 radical (unpaired) electrons. The van der Waals surface area contributed by atoms with Crippen LogP contribution < -0.4 is 9.64 Å². The lowest BCUT2D eigenvalue weighted by Crippen LogP contribution is -2.10. The maximum atomic E-state index is 9.20. The van der Waals surface area contributed by atoms with Gasteiger partial charge in [0.1, 0.15) is 10.8 Å². The van der Waals surface area contributed by atoms with Crippen LogP contribution in [-0.4, -0.2) is 32.4 Å². The first-order chi connectivity index (χ1) is 13.2. The summed E-state index contributed by atoms with van der Waals surface area (Å²) in [6, 6.07) is 4.03. The number of hydrogen-bond acceptors (Lipinski definition) is 3. The number of nitrogens with zero attached hydrogens (tertiary/aromatic N) is 1. The van der Waals surface area contributed by atoms with E-state index >= 15 is 0 Å². The van der Waals surface area contributed by atoms with Crippen molar-refractivity contribution < 1.29 is 9.84 Å². The Morgan fingerprint density at radius 3 is 2.39 bits per heavy atom. The Balaban J connectivity index is 0.000000887. The molecule has 0 saturated heterocycles. The minimum absolute atomic E-state index is 0.426. The highest BCUT2D eigenvalue weighted by Gasteiger charge is 2.11. The molecule has 0 aliphatic carbocycles. The number of ether oxygens (including phenoxy) is 1. The van der Waals surface area contributed by atoms with Crippen molar-refractivity contribution in [2.24, 2.45) is 5.92 Å². The zero-order chi connectivity index (χ0) is 21.7. The number of allylic oxidation sites excluding steroid dienone is 4. The molecule has 0 fully saturated rings. The molecule has 158 valence electrons. The van der Waals surface area contributed by atoms with Gasteiger partial charge in [-0.3, -0.25) is 0 Å². The second kappa shape index (κ2) is 14.3. The molecule has 0 amide bonds. The fourth-order valence-corrected chi connectivity index (χ4v) is 2.78. The highest BCUT2D eigenvalue weighted by molar-refractivity contribution is 6.34. The molecule has 1 N–H and O–H groups in total. The van der Waals surface area contributed by atoms with Gasteiger partial charge in [-0.15, -0.1) is 6.58 Å². The van der Waals surface area contributed by atoms with Gasteiger partial charge in [0, 0.05) is 14.1 Å². The standard InChI is InChI=1S/C17H24ClNO2.C7H14/c1-12(7-6-8-13(2)20)9-14-10-15(19(3)4)17(18)16(11-14)21-5;1-4-6-7(3)5-2/h6-8,10-11,13,20H,9H2,1-5H3;4,7H,1,5-6H2,2-3H3/b8-6+,12-7+;. The second-order valence-corrected chi connectivity index (χ2v) is 7.76. The van der Waals surface area contributed by atoms with Crippen molar-refractivity contribution in [1.82, 2.24) is 0 Å². The lowest BCUT2D eigenvalue weighted by atomic mass is 10.0. The summed E-state index contributed by atoms with van der Waals surface area (Å²) < 4.78 is 5.35. The molecule has 0 aliphatic rings. The lowest BCUT2D eigenvalue weighted by Gasteiger charge is -2.18. The van der Waals surface area contributed by atoms with Gasteiger partial charge in [-0.1, -0.05) is 61.7 Å². The molecule has 0 aliphatic heterocycles. The van der Waals surface area contributed by atoms with E-state index in [9.17, 15) is 5.11 Å². The molecule has 0 heterocycles. The van der Waals surface area contributed by atoms with E-state index in [4.69, 9.17) is 16.3 Å². The summed E-state index contributed by atoms with van der Waals surface area (Å²) in [6.45, 7) is 11.9. The number of benzene rings is 1. The summed E-state index contributed by atoms with van der Waals surface area (Å²) in [7, 11) is 5.54. The average Bonchev–Trinajstić information content (AvgIpc) is 2.63. The zero-order valence-corrected chi connectivity index (χ0v) is 19.4.